The van der Waals surface area contributed by atoms with E-state index in [9.17, 15) is 0 Å². The van der Waals surface area contributed by atoms with E-state index in [0.717, 1.165) is 0 Å². The summed E-state index contributed by atoms with van der Waals surface area (Å²) in [4.78, 5) is 0. The first kappa shape index (κ1) is 2.01. The molecule has 0 aliphatic carbocycles. The van der Waals surface area contributed by atoms with E-state index in [0.29, 0.717) is 0 Å². The normalized spacial score (nSPS) is 25.1. The average Bonchev–Trinajstić information content (AvgIpc) is 2.28. The molecule has 0 amide bonds. The molecule has 0 fully saturated rings. The Labute approximate surface area is 81.8 Å². The molecule has 1 rings (SSSR count). The highest BCUT2D eigenvalue weighted by molar-refractivity contribution is 9.10. The summed E-state index contributed by atoms with van der Waals surface area (Å²) >= 11 is 2.85. The third-order valence-corrected chi connectivity index (χ3v) is 1.12. The zero-order valence-electron chi connectivity index (χ0n) is 13.8. The molecule has 2 heteroatoms. The Morgan fingerprint density at radius 1 is 1.90 bits per heavy atom. The minimum atomic E-state index is -3.11. The summed E-state index contributed by atoms with van der Waals surface area (Å²) in [6, 6.07) is -2.25. The molecule has 0 aromatic heterocycles. The number of benzene rings is 1. The van der Waals surface area contributed by atoms with Crippen molar-refractivity contribution in [1.29, 1.82) is 0 Å². The highest BCUT2D eigenvalue weighted by atomic mass is 79.9. The maximum atomic E-state index is 7.61. The fourth-order valence-electron chi connectivity index (χ4n) is 0.407. The van der Waals surface area contributed by atoms with Crippen LogP contribution in [-0.2, 0) is 0 Å². The van der Waals surface area contributed by atoms with Gasteiger partial charge in [-0.25, -0.2) is 0 Å². The molecule has 0 N–H and O–H groups in total. The lowest BCUT2D eigenvalue weighted by Gasteiger charge is -2.01. The van der Waals surface area contributed by atoms with Crippen molar-refractivity contribution in [3.63, 3.8) is 0 Å². The minimum absolute atomic E-state index is 0.162. The molecule has 0 bridgehead atoms. The van der Waals surface area contributed by atoms with Crippen LogP contribution in [-0.4, -0.2) is 6.56 Å². The van der Waals surface area contributed by atoms with E-state index in [2.05, 4.69) is 20.7 Å². The average molecular weight is 210 g/mol. The van der Waals surface area contributed by atoms with E-state index >= 15 is 0 Å². The predicted octanol–water partition coefficient (Wildman–Crippen LogP) is 2.85. The topological polar surface area (TPSA) is 9.23 Å². The fourth-order valence-corrected chi connectivity index (χ4v) is 0.686. The van der Waals surface area contributed by atoms with E-state index in [4.69, 9.17) is 12.3 Å². The molecule has 54 valence electrons. The van der Waals surface area contributed by atoms with E-state index in [-0.39, 0.29) is 4.47 Å². The standard InChI is InChI=1S/C8H9BrO/c1-2-10-8-5-3-4-7(9)6-8/h3-6H,2H2,1H3/i1D3,2D2,3D,4D,5D,6D. The number of ether oxygens (including phenoxy) is 1. The second kappa shape index (κ2) is 3.62. The van der Waals surface area contributed by atoms with Crippen molar-refractivity contribution in [2.75, 3.05) is 6.56 Å². The third-order valence-electron chi connectivity index (χ3n) is 0.725. The van der Waals surface area contributed by atoms with Crippen molar-refractivity contribution in [2.24, 2.45) is 0 Å². The van der Waals surface area contributed by atoms with E-state index < -0.39 is 43.3 Å². The van der Waals surface area contributed by atoms with Crippen LogP contribution in [0.4, 0.5) is 0 Å². The van der Waals surface area contributed by atoms with E-state index in [1.807, 2.05) is 0 Å². The smallest absolute Gasteiger partial charge is 0.120 e. The molecule has 1 nitrogen and oxygen atoms in total. The Bertz CT molecular complexity index is 481. The summed E-state index contributed by atoms with van der Waals surface area (Å²) in [5.41, 5.74) is 0. The molecule has 1 aromatic rings. The predicted molar refractivity (Wildman–Crippen MR) is 45.3 cm³/mol. The Morgan fingerprint density at radius 3 is 3.60 bits per heavy atom. The van der Waals surface area contributed by atoms with Crippen molar-refractivity contribution < 1.29 is 17.1 Å². The van der Waals surface area contributed by atoms with Crippen LogP contribution in [0.2, 0.25) is 0 Å². The minimum Gasteiger partial charge on any atom is -0.494 e. The van der Waals surface area contributed by atoms with Crippen LogP contribution in [0.5, 0.6) is 5.75 Å². The van der Waals surface area contributed by atoms with Gasteiger partial charge >= 0.3 is 0 Å². The number of rotatable bonds is 2. The molecule has 0 heterocycles. The molecule has 0 radical (unpaired) electrons. The summed E-state index contributed by atoms with van der Waals surface area (Å²) in [6.07, 6.45) is 0. The fraction of sp³-hybridized carbons (Fsp3) is 0.250. The highest BCUT2D eigenvalue weighted by Crippen LogP contribution is 2.17. The van der Waals surface area contributed by atoms with Gasteiger partial charge in [0.15, 0.2) is 0 Å². The van der Waals surface area contributed by atoms with E-state index in [1.165, 1.54) is 0 Å². The maximum Gasteiger partial charge on any atom is 0.120 e. The summed E-state index contributed by atoms with van der Waals surface area (Å²) in [5.74, 6) is -0.686. The van der Waals surface area contributed by atoms with Crippen molar-refractivity contribution in [3.05, 3.63) is 28.6 Å². The second-order valence-corrected chi connectivity index (χ2v) is 2.14. The molecule has 0 aliphatic rings. The maximum absolute atomic E-state index is 7.61. The van der Waals surface area contributed by atoms with Gasteiger partial charge < -0.3 is 4.74 Å². The molecule has 0 atom stereocenters. The number of halogens is 1. The molecule has 0 aliphatic heterocycles. The Kier molecular flexibility index (Phi) is 0.725. The molecule has 10 heavy (non-hydrogen) atoms. The number of hydrogen-bond donors (Lipinski definition) is 0. The summed E-state index contributed by atoms with van der Waals surface area (Å²) in [5, 5.41) is 0. The number of hydrogen-bond acceptors (Lipinski definition) is 1. The van der Waals surface area contributed by atoms with Gasteiger partial charge in [-0.1, -0.05) is 22.0 Å². The van der Waals surface area contributed by atoms with Crippen LogP contribution in [0, 0.1) is 0 Å². The van der Waals surface area contributed by atoms with Gasteiger partial charge in [-0.05, 0) is 25.0 Å². The van der Waals surface area contributed by atoms with Gasteiger partial charge in [0, 0.05) is 8.58 Å². The SMILES string of the molecule is [2H]c1c([2H])c(Br)c([2H])c(OC([2H])([2H])C([2H])([2H])[2H])c1[2H]. The van der Waals surface area contributed by atoms with Gasteiger partial charge in [-0.2, -0.15) is 0 Å². The van der Waals surface area contributed by atoms with Gasteiger partial charge in [0.25, 0.3) is 0 Å². The molecule has 0 saturated carbocycles. The van der Waals surface area contributed by atoms with Gasteiger partial charge in [-0.15, -0.1) is 0 Å². The van der Waals surface area contributed by atoms with Crippen LogP contribution in [0.3, 0.4) is 0 Å². The van der Waals surface area contributed by atoms with Crippen LogP contribution in [0.25, 0.3) is 0 Å². The van der Waals surface area contributed by atoms with Crippen LogP contribution >= 0.6 is 15.9 Å². The first-order chi connectivity index (χ1) is 8.40. The summed E-state index contributed by atoms with van der Waals surface area (Å²) in [6.45, 7) is -6.21. The van der Waals surface area contributed by atoms with Crippen LogP contribution in [0.15, 0.2) is 28.6 Å². The quantitative estimate of drug-likeness (QED) is 0.729. The summed E-state index contributed by atoms with van der Waals surface area (Å²) < 4.78 is 70.0. The highest BCUT2D eigenvalue weighted by Gasteiger charge is 1.90. The zero-order chi connectivity index (χ0) is 15.2. The van der Waals surface area contributed by atoms with Crippen LogP contribution < -0.4 is 4.74 Å². The molecule has 0 saturated heterocycles. The molecule has 0 unspecified atom stereocenters. The van der Waals surface area contributed by atoms with Crippen molar-refractivity contribution in [2.45, 2.75) is 6.85 Å². The van der Waals surface area contributed by atoms with Gasteiger partial charge in [0.05, 0.1) is 14.8 Å². The van der Waals surface area contributed by atoms with Gasteiger partial charge in [-0.3, -0.25) is 0 Å². The first-order valence-corrected chi connectivity index (χ1v) is 3.14. The Hall–Kier alpha value is -0.500. The second-order valence-electron chi connectivity index (χ2n) is 1.35. The Morgan fingerprint density at radius 2 is 2.80 bits per heavy atom. The molecular weight excluding hydrogens is 192 g/mol. The molecule has 0 spiro atoms. The monoisotopic (exact) mass is 209 g/mol. The van der Waals surface area contributed by atoms with Gasteiger partial charge in [0.2, 0.25) is 0 Å². The Balaban J connectivity index is 3.39. The van der Waals surface area contributed by atoms with Gasteiger partial charge in [0.1, 0.15) is 5.75 Å². The molecular formula is C8H9BrO. The lowest BCUT2D eigenvalue weighted by Crippen LogP contribution is -1.89. The van der Waals surface area contributed by atoms with Crippen molar-refractivity contribution in [1.82, 2.24) is 0 Å². The largest absolute Gasteiger partial charge is 0.494 e. The zero-order valence-corrected chi connectivity index (χ0v) is 6.37. The lowest BCUT2D eigenvalue weighted by molar-refractivity contribution is 0.340. The first-order valence-electron chi connectivity index (χ1n) is 6.85. The van der Waals surface area contributed by atoms with Crippen LogP contribution in [0.1, 0.15) is 19.2 Å². The molecule has 1 aromatic carbocycles. The summed E-state index contributed by atoms with van der Waals surface area (Å²) in [7, 11) is 0. The third kappa shape index (κ3) is 2.03. The van der Waals surface area contributed by atoms with Crippen molar-refractivity contribution >= 4 is 15.9 Å². The van der Waals surface area contributed by atoms with E-state index in [1.54, 1.807) is 0 Å². The lowest BCUT2D eigenvalue weighted by atomic mass is 10.3. The van der Waals surface area contributed by atoms with Crippen molar-refractivity contribution in [3.8, 4) is 5.75 Å².